The normalized spacial score (nSPS) is 14.4. The maximum Gasteiger partial charge on any atom is 0.246 e. The number of aliphatic hydroxyl groups excluding tert-OH is 2. The van der Waals surface area contributed by atoms with E-state index in [1.807, 2.05) is 52.0 Å². The lowest BCUT2D eigenvalue weighted by atomic mass is 9.96. The Kier molecular flexibility index (Phi) is 21.9. The molecule has 4 aromatic carbocycles. The van der Waals surface area contributed by atoms with Gasteiger partial charge in [0.2, 0.25) is 11.8 Å². The Morgan fingerprint density at radius 2 is 0.938 bits per heavy atom. The molecule has 0 aliphatic rings. The van der Waals surface area contributed by atoms with Gasteiger partial charge in [-0.05, 0) is 122 Å². The molecule has 0 saturated carbocycles. The third-order valence-electron chi connectivity index (χ3n) is 11.4. The lowest BCUT2D eigenvalue weighted by Gasteiger charge is -2.16. The highest BCUT2D eigenvalue weighted by Crippen LogP contribution is 2.20. The van der Waals surface area contributed by atoms with Gasteiger partial charge in [0.05, 0.1) is 12.2 Å². The summed E-state index contributed by atoms with van der Waals surface area (Å²) in [7, 11) is 0. The van der Waals surface area contributed by atoms with Crippen molar-refractivity contribution in [3.05, 3.63) is 167 Å². The van der Waals surface area contributed by atoms with E-state index in [1.165, 1.54) is 32.7 Å². The third-order valence-corrected chi connectivity index (χ3v) is 11.4. The quantitative estimate of drug-likeness (QED) is 0.0290. The Labute approximate surface area is 383 Å². The summed E-state index contributed by atoms with van der Waals surface area (Å²) in [4.78, 5) is 25.0. The predicted molar refractivity (Wildman–Crippen MR) is 268 cm³/mol. The molecule has 0 unspecified atom stereocenters. The highest BCUT2D eigenvalue weighted by Gasteiger charge is 2.14. The maximum atomic E-state index is 12.5. The topological polar surface area (TPSA) is 98.7 Å². The number of rotatable bonds is 21. The molecule has 6 heteroatoms. The lowest BCUT2D eigenvalue weighted by molar-refractivity contribution is -0.119. The highest BCUT2D eigenvalue weighted by molar-refractivity contribution is 5.93. The van der Waals surface area contributed by atoms with Gasteiger partial charge >= 0.3 is 0 Å². The molecule has 0 saturated heterocycles. The zero-order valence-electron chi connectivity index (χ0n) is 38.8. The second kappa shape index (κ2) is 27.8. The van der Waals surface area contributed by atoms with Crippen LogP contribution in [-0.4, -0.2) is 47.3 Å². The van der Waals surface area contributed by atoms with Crippen LogP contribution in [0.3, 0.4) is 0 Å². The van der Waals surface area contributed by atoms with E-state index in [1.54, 1.807) is 26.0 Å². The van der Waals surface area contributed by atoms with Crippen molar-refractivity contribution in [2.45, 2.75) is 105 Å². The molecule has 6 nitrogen and oxygen atoms in total. The molecule has 334 valence electrons. The first-order chi connectivity index (χ1) is 30.9. The van der Waals surface area contributed by atoms with Crippen LogP contribution in [-0.2, 0) is 22.4 Å². The van der Waals surface area contributed by atoms with Crippen LogP contribution in [0.5, 0.6) is 0 Å². The average molecular weight is 857 g/mol. The first-order valence-electron chi connectivity index (χ1n) is 22.8. The van der Waals surface area contributed by atoms with Crippen molar-refractivity contribution in [1.29, 1.82) is 0 Å². The van der Waals surface area contributed by atoms with Gasteiger partial charge in [-0.15, -0.1) is 0 Å². The second-order valence-electron chi connectivity index (χ2n) is 16.7. The average Bonchev–Trinajstić information content (AvgIpc) is 3.30. The van der Waals surface area contributed by atoms with Crippen molar-refractivity contribution in [3.63, 3.8) is 0 Å². The van der Waals surface area contributed by atoms with Gasteiger partial charge in [-0.3, -0.25) is 9.59 Å². The monoisotopic (exact) mass is 857 g/mol. The predicted octanol–water partition coefficient (Wildman–Crippen LogP) is 11.2. The standard InChI is InChI=1S/C58H68N2O4/c1-43(55(61)45(3)27-21-29-49-35-37-51-31-17-19-33-53(51)41-49)23-13-9-7-11-15-25-47(5)57(63)59-39-40-60-58(64)48(6)26-16-12-8-10-14-24-44(2)56(62)46(4)28-22-30-50-36-38-52-32-18-20-34-54(52)42-50/h13-14,17-20,23-28,31-38,41-44,55-56,61-62H,11-12,15-16,21-22,29-30,39-40H2,1-6H3,(H,59,63)(H,60,64)/b23-13+,24-14+,45-27-,46-28+,47-25-,48-26+/t43-,44-,55-,56-/m1/s1. The zero-order chi connectivity index (χ0) is 46.1. The van der Waals surface area contributed by atoms with Crippen LogP contribution in [0.25, 0.3) is 21.5 Å². The Morgan fingerprint density at radius 1 is 0.547 bits per heavy atom. The molecule has 0 fully saturated rings. The summed E-state index contributed by atoms with van der Waals surface area (Å²) in [6, 6.07) is 29.9. The van der Waals surface area contributed by atoms with Gasteiger partial charge in [0.1, 0.15) is 0 Å². The molecular weight excluding hydrogens is 789 g/mol. The SMILES string of the molecule is C/C(=C/CCC#C/C=C/[C@@H](C)[C@@H](O)/C(C)=C\CCc1ccc2ccccc2c1)C(=O)NCCNC(=O)/C(C)=C/CCC#C/C=C/[C@@H](C)[C@@H](O)/C(C)=C/CCc1ccc2ccccc2c1. The molecule has 0 aromatic heterocycles. The molecule has 64 heavy (non-hydrogen) atoms. The fourth-order valence-corrected chi connectivity index (χ4v) is 7.20. The molecule has 0 aliphatic carbocycles. The molecule has 0 radical (unpaired) electrons. The minimum absolute atomic E-state index is 0.0614. The molecular formula is C58H68N2O4. The Bertz CT molecular complexity index is 2300. The van der Waals surface area contributed by atoms with E-state index in [0.29, 0.717) is 49.9 Å². The van der Waals surface area contributed by atoms with E-state index in [4.69, 9.17) is 0 Å². The Balaban J connectivity index is 1.04. The van der Waals surface area contributed by atoms with Crippen molar-refractivity contribution < 1.29 is 19.8 Å². The molecule has 0 spiro atoms. The van der Waals surface area contributed by atoms with Crippen molar-refractivity contribution in [2.75, 3.05) is 13.1 Å². The number of aryl methyl sites for hydroxylation is 2. The Hall–Kier alpha value is -6.18. The smallest absolute Gasteiger partial charge is 0.246 e. The molecule has 4 N–H and O–H groups in total. The van der Waals surface area contributed by atoms with E-state index in [2.05, 4.69) is 131 Å². The number of hydrogen-bond acceptors (Lipinski definition) is 4. The van der Waals surface area contributed by atoms with Crippen molar-refractivity contribution in [1.82, 2.24) is 10.6 Å². The summed E-state index contributed by atoms with van der Waals surface area (Å²) in [5.74, 6) is 11.8. The number of nitrogens with one attached hydrogen (secondary N) is 2. The van der Waals surface area contributed by atoms with Gasteiger partial charge in [-0.2, -0.15) is 0 Å². The van der Waals surface area contributed by atoms with Crippen LogP contribution >= 0.6 is 0 Å². The number of aliphatic hydroxyl groups is 2. The first-order valence-corrected chi connectivity index (χ1v) is 22.8. The number of fused-ring (bicyclic) bond motifs is 2. The van der Waals surface area contributed by atoms with E-state index in [9.17, 15) is 19.8 Å². The van der Waals surface area contributed by atoms with Crippen molar-refractivity contribution in [3.8, 4) is 23.7 Å². The van der Waals surface area contributed by atoms with E-state index in [0.717, 1.165) is 36.8 Å². The van der Waals surface area contributed by atoms with Crippen molar-refractivity contribution >= 4 is 33.4 Å². The van der Waals surface area contributed by atoms with Crippen LogP contribution in [0.1, 0.15) is 91.2 Å². The van der Waals surface area contributed by atoms with Crippen LogP contribution in [0.2, 0.25) is 0 Å². The second-order valence-corrected chi connectivity index (χ2v) is 16.7. The van der Waals surface area contributed by atoms with Crippen LogP contribution in [0, 0.1) is 35.5 Å². The molecule has 4 aromatic rings. The zero-order valence-corrected chi connectivity index (χ0v) is 38.8. The summed E-state index contributed by atoms with van der Waals surface area (Å²) in [5.41, 5.74) is 5.72. The first kappa shape index (κ1) is 50.5. The molecule has 0 bridgehead atoms. The van der Waals surface area contributed by atoms with Crippen LogP contribution in [0.4, 0.5) is 0 Å². The fourth-order valence-electron chi connectivity index (χ4n) is 7.20. The maximum absolute atomic E-state index is 12.5. The van der Waals surface area contributed by atoms with E-state index in [-0.39, 0.29) is 23.7 Å². The summed E-state index contributed by atoms with van der Waals surface area (Å²) in [5, 5.41) is 32.3. The van der Waals surface area contributed by atoms with Gasteiger partial charge in [0, 0.05) is 48.9 Å². The number of carbonyl (C=O) groups is 2. The number of carbonyl (C=O) groups excluding carboxylic acids is 2. The molecule has 0 heterocycles. The van der Waals surface area contributed by atoms with Gasteiger partial charge in [0.15, 0.2) is 0 Å². The number of benzene rings is 4. The largest absolute Gasteiger partial charge is 0.388 e. The summed E-state index contributed by atoms with van der Waals surface area (Å²) < 4.78 is 0. The minimum atomic E-state index is -0.564. The van der Waals surface area contributed by atoms with Crippen molar-refractivity contribution in [2.24, 2.45) is 11.8 Å². The molecule has 4 atom stereocenters. The molecule has 2 amide bonds. The van der Waals surface area contributed by atoms with Gasteiger partial charge in [-0.25, -0.2) is 0 Å². The number of allylic oxidation sites excluding steroid dienone is 6. The highest BCUT2D eigenvalue weighted by atomic mass is 16.3. The summed E-state index contributed by atoms with van der Waals surface area (Å²) >= 11 is 0. The number of unbranched alkanes of at least 4 members (excludes halogenated alkanes) is 2. The van der Waals surface area contributed by atoms with Gasteiger partial charge in [-0.1, -0.05) is 159 Å². The summed E-state index contributed by atoms with van der Waals surface area (Å²) in [6.45, 7) is 12.1. The molecule has 4 rings (SSSR count). The third kappa shape index (κ3) is 17.9. The van der Waals surface area contributed by atoms with Gasteiger partial charge < -0.3 is 20.8 Å². The van der Waals surface area contributed by atoms with E-state index >= 15 is 0 Å². The Morgan fingerprint density at radius 3 is 1.34 bits per heavy atom. The fraction of sp³-hybridized carbons (Fsp3) is 0.345. The lowest BCUT2D eigenvalue weighted by Crippen LogP contribution is -2.35. The summed E-state index contributed by atoms with van der Waals surface area (Å²) in [6.07, 6.45) is 20.4. The number of hydrogen-bond donors (Lipinski definition) is 4. The number of amides is 2. The van der Waals surface area contributed by atoms with Crippen LogP contribution in [0.15, 0.2) is 156 Å². The van der Waals surface area contributed by atoms with Gasteiger partial charge in [0.25, 0.3) is 0 Å². The van der Waals surface area contributed by atoms with E-state index < -0.39 is 12.2 Å². The molecule has 0 aliphatic heterocycles. The minimum Gasteiger partial charge on any atom is -0.388 e. The van der Waals surface area contributed by atoms with Crippen LogP contribution < -0.4 is 10.6 Å².